The van der Waals surface area contributed by atoms with Crippen LogP contribution in [0.2, 0.25) is 0 Å². The van der Waals surface area contributed by atoms with Gasteiger partial charge in [0.15, 0.2) is 0 Å². The zero-order valence-corrected chi connectivity index (χ0v) is 6.02. The van der Waals surface area contributed by atoms with Crippen LogP contribution in [-0.4, -0.2) is 12.3 Å². The van der Waals surface area contributed by atoms with Crippen molar-refractivity contribution in [3.8, 4) is 0 Å². The minimum absolute atomic E-state index is 0.476. The van der Waals surface area contributed by atoms with Gasteiger partial charge in [0.2, 0.25) is 0 Å². The fourth-order valence-electron chi connectivity index (χ4n) is 1.03. The van der Waals surface area contributed by atoms with Crippen molar-refractivity contribution >= 4 is 12.3 Å². The first kappa shape index (κ1) is 6.84. The number of rotatable bonds is 1. The molecule has 1 heterocycles. The largest absolute Gasteiger partial charge is 0.368 e. The number of amides is 2. The van der Waals surface area contributed by atoms with Crippen molar-refractivity contribution in [2.45, 2.75) is 0 Å². The molecule has 0 bridgehead atoms. The van der Waals surface area contributed by atoms with Gasteiger partial charge in [-0.2, -0.15) is 9.98 Å². The van der Waals surface area contributed by atoms with Gasteiger partial charge in [0.25, 0.3) is 0 Å². The molecule has 1 aliphatic heterocycles. The third-order valence-corrected chi connectivity index (χ3v) is 1.57. The van der Waals surface area contributed by atoms with Gasteiger partial charge in [-0.3, -0.25) is 4.79 Å². The van der Waals surface area contributed by atoms with Crippen LogP contribution in [0.15, 0.2) is 28.2 Å². The van der Waals surface area contributed by atoms with Crippen LogP contribution in [-0.2, 0) is 0 Å². The van der Waals surface area contributed by atoms with E-state index in [0.717, 1.165) is 0 Å². The van der Waals surface area contributed by atoms with Gasteiger partial charge in [-0.05, 0) is 18.2 Å². The molecule has 12 heavy (non-hydrogen) atoms. The summed E-state index contributed by atoms with van der Waals surface area (Å²) in [4.78, 5) is 28.2. The van der Waals surface area contributed by atoms with Crippen LogP contribution in [0.5, 0.6) is 0 Å². The van der Waals surface area contributed by atoms with Crippen LogP contribution in [0, 0.1) is 0 Å². The highest BCUT2D eigenvalue weighted by atomic mass is 16.2. The molecular formula is C8H4N2O2. The first-order chi connectivity index (χ1) is 5.79. The zero-order chi connectivity index (χ0) is 8.55. The highest BCUT2D eigenvalue weighted by Gasteiger charge is 2.04. The van der Waals surface area contributed by atoms with Gasteiger partial charge in [-0.25, -0.2) is 4.79 Å². The van der Waals surface area contributed by atoms with Gasteiger partial charge in [0, 0.05) is 5.56 Å². The van der Waals surface area contributed by atoms with Gasteiger partial charge in [0.05, 0.1) is 10.7 Å². The number of carbonyl (C=O) groups is 2. The Kier molecular flexibility index (Phi) is 1.33. The molecule has 4 nitrogen and oxygen atoms in total. The average molecular weight is 160 g/mol. The molecule has 0 unspecified atom stereocenters. The first-order valence-electron chi connectivity index (χ1n) is 3.36. The summed E-state index contributed by atoms with van der Waals surface area (Å²) in [5.74, 6) is 0. The lowest BCUT2D eigenvalue weighted by molar-refractivity contribution is 0.112. The minimum Gasteiger partial charge on any atom is -0.298 e. The quantitative estimate of drug-likeness (QED) is 0.537. The predicted molar refractivity (Wildman–Crippen MR) is 39.5 cm³/mol. The van der Waals surface area contributed by atoms with Gasteiger partial charge in [0.1, 0.15) is 6.29 Å². The molecule has 0 spiro atoms. The van der Waals surface area contributed by atoms with Crippen molar-refractivity contribution in [2.24, 2.45) is 9.98 Å². The number of benzene rings is 1. The van der Waals surface area contributed by atoms with Crippen molar-refractivity contribution in [1.29, 1.82) is 0 Å². The lowest BCUT2D eigenvalue weighted by Crippen LogP contribution is -2.21. The fraction of sp³-hybridized carbons (Fsp3) is 0. The van der Waals surface area contributed by atoms with Gasteiger partial charge in [-0.15, -0.1) is 0 Å². The molecule has 0 radical (unpaired) electrons. The number of fused-ring (bicyclic) bond motifs is 1. The van der Waals surface area contributed by atoms with Crippen molar-refractivity contribution < 1.29 is 9.59 Å². The number of urea groups is 1. The Bertz CT molecular complexity index is 476. The summed E-state index contributed by atoms with van der Waals surface area (Å²) in [5.41, 5.74) is 0.502. The summed E-state index contributed by atoms with van der Waals surface area (Å²) in [6, 6.07) is 4.24. The summed E-state index contributed by atoms with van der Waals surface area (Å²) in [5, 5.41) is 1.01. The second kappa shape index (κ2) is 2.34. The van der Waals surface area contributed by atoms with Crippen LogP contribution in [0.3, 0.4) is 0 Å². The Morgan fingerprint density at radius 2 is 1.92 bits per heavy atom. The molecule has 0 saturated carbocycles. The highest BCUT2D eigenvalue weighted by molar-refractivity contribution is 5.78. The van der Waals surface area contributed by atoms with E-state index in [1.165, 1.54) is 6.07 Å². The van der Waals surface area contributed by atoms with Crippen molar-refractivity contribution in [3.63, 3.8) is 0 Å². The van der Waals surface area contributed by atoms with Crippen LogP contribution in [0.4, 0.5) is 4.79 Å². The van der Waals surface area contributed by atoms with E-state index in [9.17, 15) is 9.59 Å². The SMILES string of the molecule is O=Cc1ccc2c(c1)=NC(=O)N=2. The molecular weight excluding hydrogens is 156 g/mol. The molecule has 0 atom stereocenters. The van der Waals surface area contributed by atoms with E-state index in [4.69, 9.17) is 0 Å². The lowest BCUT2D eigenvalue weighted by Gasteiger charge is -1.84. The second-order valence-corrected chi connectivity index (χ2v) is 2.37. The second-order valence-electron chi connectivity index (χ2n) is 2.37. The maximum absolute atomic E-state index is 10.7. The molecule has 0 fully saturated rings. The molecule has 0 aromatic heterocycles. The fourth-order valence-corrected chi connectivity index (χ4v) is 1.03. The molecule has 1 aromatic rings. The summed E-state index contributed by atoms with van der Waals surface area (Å²) < 4.78 is 0. The molecule has 2 amide bonds. The Morgan fingerprint density at radius 3 is 2.67 bits per heavy atom. The summed E-state index contributed by atoms with van der Waals surface area (Å²) in [6.45, 7) is 0. The molecule has 1 aliphatic rings. The maximum Gasteiger partial charge on any atom is 0.368 e. The molecule has 0 aliphatic carbocycles. The zero-order valence-electron chi connectivity index (χ0n) is 6.02. The molecule has 2 rings (SSSR count). The van der Waals surface area contributed by atoms with E-state index >= 15 is 0 Å². The van der Waals surface area contributed by atoms with Crippen molar-refractivity contribution in [3.05, 3.63) is 34.5 Å². The monoisotopic (exact) mass is 160 g/mol. The van der Waals surface area contributed by atoms with E-state index in [1.807, 2.05) is 0 Å². The molecule has 58 valence electrons. The topological polar surface area (TPSA) is 58.9 Å². The van der Waals surface area contributed by atoms with Crippen molar-refractivity contribution in [1.82, 2.24) is 0 Å². The predicted octanol–water partition coefficient (Wildman–Crippen LogP) is -0.128. The Morgan fingerprint density at radius 1 is 1.17 bits per heavy atom. The Hall–Kier alpha value is -1.84. The van der Waals surface area contributed by atoms with E-state index in [2.05, 4.69) is 9.98 Å². The van der Waals surface area contributed by atoms with Crippen LogP contribution in [0.25, 0.3) is 0 Å². The standard InChI is InChI=1S/C8H4N2O2/c11-4-5-1-2-6-7(3-5)10-8(12)9-6/h1-4H. The number of nitrogens with zero attached hydrogens (tertiary/aromatic N) is 2. The summed E-state index contributed by atoms with van der Waals surface area (Å²) in [6.07, 6.45) is 0.707. The first-order valence-corrected chi connectivity index (χ1v) is 3.36. The third kappa shape index (κ3) is 0.934. The third-order valence-electron chi connectivity index (χ3n) is 1.57. The van der Waals surface area contributed by atoms with E-state index in [1.54, 1.807) is 12.1 Å². The number of hydrogen-bond donors (Lipinski definition) is 0. The average Bonchev–Trinajstić information content (AvgIpc) is 2.43. The lowest BCUT2D eigenvalue weighted by atomic mass is 10.2. The Balaban J connectivity index is 2.80. The summed E-state index contributed by atoms with van der Waals surface area (Å²) >= 11 is 0. The van der Waals surface area contributed by atoms with Gasteiger partial charge >= 0.3 is 6.03 Å². The molecule has 4 heteroatoms. The van der Waals surface area contributed by atoms with Gasteiger partial charge in [-0.1, -0.05) is 0 Å². The Labute approximate surface area is 67.3 Å². The minimum atomic E-state index is -0.506. The number of aldehydes is 1. The molecule has 0 N–H and O–H groups in total. The summed E-state index contributed by atoms with van der Waals surface area (Å²) in [7, 11) is 0. The highest BCUT2D eigenvalue weighted by Crippen LogP contribution is 1.89. The van der Waals surface area contributed by atoms with E-state index < -0.39 is 6.03 Å². The van der Waals surface area contributed by atoms with E-state index in [-0.39, 0.29) is 0 Å². The van der Waals surface area contributed by atoms with Crippen LogP contribution >= 0.6 is 0 Å². The normalized spacial score (nSPS) is 13.2. The van der Waals surface area contributed by atoms with Gasteiger partial charge < -0.3 is 0 Å². The molecule has 1 aromatic carbocycles. The number of carbonyl (C=O) groups excluding carboxylic acids is 2. The number of hydrogen-bond acceptors (Lipinski definition) is 2. The van der Waals surface area contributed by atoms with Crippen LogP contribution in [0.1, 0.15) is 10.4 Å². The van der Waals surface area contributed by atoms with Crippen LogP contribution < -0.4 is 10.7 Å². The smallest absolute Gasteiger partial charge is 0.298 e. The molecule has 0 saturated heterocycles. The van der Waals surface area contributed by atoms with E-state index in [0.29, 0.717) is 22.6 Å². The van der Waals surface area contributed by atoms with Crippen molar-refractivity contribution in [2.75, 3.05) is 0 Å². The maximum atomic E-state index is 10.7.